The number of hydrogen-bond donors (Lipinski definition) is 0. The predicted molar refractivity (Wildman–Crippen MR) is 45.8 cm³/mol. The molecule has 0 N–H and O–H groups in total. The van der Waals surface area contributed by atoms with E-state index in [0.717, 1.165) is 5.82 Å². The Kier molecular flexibility index (Phi) is 3.82. The van der Waals surface area contributed by atoms with Gasteiger partial charge < -0.3 is 24.0 Å². The molecule has 2 aromatic heterocycles. The van der Waals surface area contributed by atoms with Gasteiger partial charge in [-0.05, 0) is 23.2 Å². The lowest BCUT2D eigenvalue weighted by atomic mass is 10.4. The Hall–Kier alpha value is -0.970. The van der Waals surface area contributed by atoms with Gasteiger partial charge in [-0.2, -0.15) is 0 Å². The molecule has 13 heavy (non-hydrogen) atoms. The van der Waals surface area contributed by atoms with E-state index >= 15 is 0 Å². The third kappa shape index (κ3) is 2.48. The summed E-state index contributed by atoms with van der Waals surface area (Å²) >= 11 is 0. The van der Waals surface area contributed by atoms with Crippen molar-refractivity contribution >= 4 is 0 Å². The van der Waals surface area contributed by atoms with Gasteiger partial charge in [0.2, 0.25) is 0 Å². The van der Waals surface area contributed by atoms with E-state index in [1.54, 1.807) is 6.20 Å². The number of rotatable bonds is 1. The van der Waals surface area contributed by atoms with Crippen molar-refractivity contribution < 1.29 is 28.5 Å². The van der Waals surface area contributed by atoms with Crippen LogP contribution < -0.4 is 28.5 Å². The largest absolute Gasteiger partial charge is 1.00 e. The van der Waals surface area contributed by atoms with Gasteiger partial charge in [0.1, 0.15) is 6.20 Å². The monoisotopic (exact) mass is 284 g/mol. The van der Waals surface area contributed by atoms with Gasteiger partial charge in [0.05, 0.1) is 12.4 Å². The second kappa shape index (κ2) is 4.91. The van der Waals surface area contributed by atoms with E-state index in [1.165, 1.54) is 0 Å². The molecule has 0 aliphatic rings. The van der Waals surface area contributed by atoms with E-state index in [9.17, 15) is 0 Å². The summed E-state index contributed by atoms with van der Waals surface area (Å²) in [5.41, 5.74) is 0. The Morgan fingerprint density at radius 1 is 0.923 bits per heavy atom. The van der Waals surface area contributed by atoms with Crippen molar-refractivity contribution in [3.8, 4) is 5.82 Å². The van der Waals surface area contributed by atoms with Crippen LogP contribution >= 0.6 is 0 Å². The van der Waals surface area contributed by atoms with E-state index in [4.69, 9.17) is 0 Å². The van der Waals surface area contributed by atoms with Crippen LogP contribution in [0, 0.1) is 0 Å². The summed E-state index contributed by atoms with van der Waals surface area (Å²) in [4.78, 5) is 4.21. The first-order valence-corrected chi connectivity index (χ1v) is 3.84. The molecule has 0 bridgehead atoms. The van der Waals surface area contributed by atoms with Gasteiger partial charge in [0.15, 0.2) is 0 Å². The third-order valence-corrected chi connectivity index (χ3v) is 1.63. The second-order valence-corrected chi connectivity index (χ2v) is 2.47. The van der Waals surface area contributed by atoms with E-state index < -0.39 is 0 Å². The average Bonchev–Trinajstić information content (AvgIpc) is 2.21. The van der Waals surface area contributed by atoms with Crippen LogP contribution in [0.5, 0.6) is 0 Å². The summed E-state index contributed by atoms with van der Waals surface area (Å²) in [5, 5.41) is 0. The van der Waals surface area contributed by atoms with Crippen molar-refractivity contribution in [2.45, 2.75) is 0 Å². The second-order valence-electron chi connectivity index (χ2n) is 2.47. The van der Waals surface area contributed by atoms with Crippen LogP contribution in [0.3, 0.4) is 0 Å². The van der Waals surface area contributed by atoms with Crippen LogP contribution in [-0.4, -0.2) is 4.98 Å². The molecule has 3 heteroatoms. The molecular weight excluding hydrogens is 275 g/mol. The standard InChI is InChI=1S/C10H9N2.HI/c1-4-8-12(9-5-1)10-6-2-3-7-11-10;/h1-9H;1H/q+1;/p-1. The number of pyridine rings is 2. The zero-order valence-corrected chi connectivity index (χ0v) is 9.13. The average molecular weight is 284 g/mol. The van der Waals surface area contributed by atoms with Crippen molar-refractivity contribution in [3.63, 3.8) is 0 Å². The molecule has 0 fully saturated rings. The molecular formula is C10H9IN2. The van der Waals surface area contributed by atoms with Crippen molar-refractivity contribution in [1.29, 1.82) is 0 Å². The van der Waals surface area contributed by atoms with E-state index in [0.29, 0.717) is 0 Å². The van der Waals surface area contributed by atoms with Crippen molar-refractivity contribution in [2.75, 3.05) is 0 Å². The summed E-state index contributed by atoms with van der Waals surface area (Å²) in [7, 11) is 0. The lowest BCUT2D eigenvalue weighted by Crippen LogP contribution is -3.00. The van der Waals surface area contributed by atoms with Crippen LogP contribution in [0.25, 0.3) is 5.82 Å². The van der Waals surface area contributed by atoms with Crippen LogP contribution in [0.4, 0.5) is 0 Å². The number of nitrogens with zero attached hydrogens (tertiary/aromatic N) is 2. The SMILES string of the molecule is [I-].c1cc[n+](-c2ccccn2)cc1. The Balaban J connectivity index is 0.000000845. The molecule has 2 nitrogen and oxygen atoms in total. The van der Waals surface area contributed by atoms with Crippen molar-refractivity contribution in [2.24, 2.45) is 0 Å². The van der Waals surface area contributed by atoms with E-state index in [2.05, 4.69) is 4.98 Å². The maximum Gasteiger partial charge on any atom is 0.327 e. The number of halogens is 1. The van der Waals surface area contributed by atoms with Gasteiger partial charge in [-0.1, -0.05) is 12.1 Å². The fourth-order valence-electron chi connectivity index (χ4n) is 1.06. The summed E-state index contributed by atoms with van der Waals surface area (Å²) in [5.74, 6) is 0.943. The first-order chi connectivity index (χ1) is 5.97. The highest BCUT2D eigenvalue weighted by atomic mass is 127. The summed E-state index contributed by atoms with van der Waals surface area (Å²) < 4.78 is 1.97. The summed E-state index contributed by atoms with van der Waals surface area (Å²) in [6, 6.07) is 11.8. The van der Waals surface area contributed by atoms with Gasteiger partial charge >= 0.3 is 5.82 Å². The highest BCUT2D eigenvalue weighted by Crippen LogP contribution is 1.91. The maximum absolute atomic E-state index is 4.21. The lowest BCUT2D eigenvalue weighted by molar-refractivity contribution is -0.599. The summed E-state index contributed by atoms with van der Waals surface area (Å²) in [6.45, 7) is 0. The fourth-order valence-corrected chi connectivity index (χ4v) is 1.06. The molecule has 0 aromatic carbocycles. The number of aromatic nitrogens is 2. The highest BCUT2D eigenvalue weighted by molar-refractivity contribution is 5.09. The molecule has 0 saturated carbocycles. The first kappa shape index (κ1) is 10.1. The van der Waals surface area contributed by atoms with Crippen molar-refractivity contribution in [3.05, 3.63) is 55.0 Å². The molecule has 0 saturated heterocycles. The number of hydrogen-bond acceptors (Lipinski definition) is 1. The molecule has 0 radical (unpaired) electrons. The molecule has 2 rings (SSSR count). The molecule has 0 spiro atoms. The molecule has 2 heterocycles. The van der Waals surface area contributed by atoms with Gasteiger partial charge in [0.25, 0.3) is 0 Å². The summed E-state index contributed by atoms with van der Waals surface area (Å²) in [6.07, 6.45) is 5.74. The molecule has 0 amide bonds. The Labute approximate surface area is 94.3 Å². The third-order valence-electron chi connectivity index (χ3n) is 1.63. The van der Waals surface area contributed by atoms with Gasteiger partial charge in [-0.3, -0.25) is 0 Å². The van der Waals surface area contributed by atoms with Gasteiger partial charge in [0, 0.05) is 6.07 Å². The maximum atomic E-state index is 4.21. The smallest absolute Gasteiger partial charge is 0.327 e. The minimum absolute atomic E-state index is 0. The Morgan fingerprint density at radius 2 is 1.69 bits per heavy atom. The van der Waals surface area contributed by atoms with Crippen LogP contribution in [0.1, 0.15) is 0 Å². The fraction of sp³-hybridized carbons (Fsp3) is 0. The topological polar surface area (TPSA) is 16.8 Å². The van der Waals surface area contributed by atoms with Crippen LogP contribution in [0.2, 0.25) is 0 Å². The zero-order chi connectivity index (χ0) is 8.23. The van der Waals surface area contributed by atoms with Crippen LogP contribution in [0.15, 0.2) is 55.0 Å². The normalized spacial score (nSPS) is 8.92. The molecule has 0 unspecified atom stereocenters. The minimum atomic E-state index is 0. The molecule has 0 atom stereocenters. The molecule has 2 aromatic rings. The van der Waals surface area contributed by atoms with Gasteiger partial charge in [-0.25, -0.2) is 4.57 Å². The molecule has 0 aliphatic heterocycles. The Morgan fingerprint density at radius 3 is 2.31 bits per heavy atom. The minimum Gasteiger partial charge on any atom is -1.00 e. The van der Waals surface area contributed by atoms with E-state index in [-0.39, 0.29) is 24.0 Å². The van der Waals surface area contributed by atoms with Gasteiger partial charge in [-0.15, -0.1) is 0 Å². The van der Waals surface area contributed by atoms with Crippen LogP contribution in [-0.2, 0) is 0 Å². The highest BCUT2D eigenvalue weighted by Gasteiger charge is 2.01. The molecule has 66 valence electrons. The lowest BCUT2D eigenvalue weighted by Gasteiger charge is -1.91. The first-order valence-electron chi connectivity index (χ1n) is 3.84. The quantitative estimate of drug-likeness (QED) is 0.453. The van der Waals surface area contributed by atoms with E-state index in [1.807, 2.05) is 53.4 Å². The molecule has 0 aliphatic carbocycles. The zero-order valence-electron chi connectivity index (χ0n) is 6.97. The Bertz CT molecular complexity index is 310. The van der Waals surface area contributed by atoms with Crippen molar-refractivity contribution in [1.82, 2.24) is 4.98 Å². The predicted octanol–water partition coefficient (Wildman–Crippen LogP) is -1.64.